The Labute approximate surface area is 85.1 Å². The topological polar surface area (TPSA) is 52.3 Å². The van der Waals surface area contributed by atoms with Gasteiger partial charge in [-0.25, -0.2) is 0 Å². The quantitative estimate of drug-likeness (QED) is 0.612. The lowest BCUT2D eigenvalue weighted by Crippen LogP contribution is -2.02. The number of carbonyl (C=O) groups excluding carboxylic acids is 1. The van der Waals surface area contributed by atoms with Crippen molar-refractivity contribution in [2.75, 3.05) is 0 Å². The first kappa shape index (κ1) is 11.2. The third-order valence-electron chi connectivity index (χ3n) is 1.66. The van der Waals surface area contributed by atoms with E-state index in [4.69, 9.17) is 5.73 Å². The Morgan fingerprint density at radius 3 is 2.40 bits per heavy atom. The molecule has 3 nitrogen and oxygen atoms in total. The summed E-state index contributed by atoms with van der Waals surface area (Å²) in [4.78, 5) is 10.1. The van der Waals surface area contributed by atoms with Gasteiger partial charge in [0, 0.05) is 11.8 Å². The highest BCUT2D eigenvalue weighted by Crippen LogP contribution is 2.17. The molecular weight excluding hydrogens is 204 g/mol. The zero-order valence-electron chi connectivity index (χ0n) is 7.69. The fraction of sp³-hybridized carbons (Fsp3) is 0.100. The Morgan fingerprint density at radius 2 is 1.93 bits per heavy atom. The summed E-state index contributed by atoms with van der Waals surface area (Å²) in [7, 11) is 0. The minimum absolute atomic E-state index is 0.0488. The van der Waals surface area contributed by atoms with Crippen LogP contribution in [-0.2, 0) is 4.79 Å². The highest BCUT2D eigenvalue weighted by molar-refractivity contribution is 5.80. The number of aldehydes is 1. The fourth-order valence-electron chi connectivity index (χ4n) is 0.998. The molecule has 0 unspecified atom stereocenters. The molecule has 0 saturated heterocycles. The van der Waals surface area contributed by atoms with Gasteiger partial charge in [0.25, 0.3) is 0 Å². The highest BCUT2D eigenvalue weighted by atomic mass is 19.3. The molecule has 0 atom stereocenters. The third-order valence-corrected chi connectivity index (χ3v) is 1.66. The number of allylic oxidation sites excluding steroid dienone is 1. The predicted molar refractivity (Wildman–Crippen MR) is 51.3 cm³/mol. The number of carbonyl (C=O) groups is 1. The van der Waals surface area contributed by atoms with Crippen molar-refractivity contribution in [2.24, 2.45) is 5.73 Å². The van der Waals surface area contributed by atoms with Crippen molar-refractivity contribution in [3.8, 4) is 5.75 Å². The summed E-state index contributed by atoms with van der Waals surface area (Å²) in [6.07, 6.45) is 1.74. The van der Waals surface area contributed by atoms with E-state index < -0.39 is 6.61 Å². The van der Waals surface area contributed by atoms with Gasteiger partial charge in [0.05, 0.1) is 0 Å². The Kier molecular flexibility index (Phi) is 3.79. The van der Waals surface area contributed by atoms with E-state index in [1.54, 1.807) is 0 Å². The van der Waals surface area contributed by atoms with E-state index in [1.807, 2.05) is 0 Å². The molecule has 0 saturated carbocycles. The maximum atomic E-state index is 11.8. The lowest BCUT2D eigenvalue weighted by Gasteiger charge is -2.05. The number of halogens is 2. The lowest BCUT2D eigenvalue weighted by molar-refractivity contribution is -0.104. The van der Waals surface area contributed by atoms with Gasteiger partial charge in [-0.15, -0.1) is 0 Å². The van der Waals surface area contributed by atoms with Crippen LogP contribution in [0.25, 0.3) is 5.70 Å². The van der Waals surface area contributed by atoms with Crippen LogP contribution >= 0.6 is 0 Å². The Balaban J connectivity index is 2.80. The molecule has 0 radical (unpaired) electrons. The van der Waals surface area contributed by atoms with Gasteiger partial charge in [0.1, 0.15) is 12.0 Å². The van der Waals surface area contributed by atoms with Crippen LogP contribution < -0.4 is 10.5 Å². The van der Waals surface area contributed by atoms with Crippen molar-refractivity contribution in [1.29, 1.82) is 0 Å². The predicted octanol–water partition coefficient (Wildman–Crippen LogP) is 1.79. The van der Waals surface area contributed by atoms with Gasteiger partial charge in [-0.1, -0.05) is 0 Å². The average molecular weight is 213 g/mol. The molecule has 0 spiro atoms. The first-order chi connectivity index (χ1) is 7.13. The van der Waals surface area contributed by atoms with Crippen molar-refractivity contribution in [1.82, 2.24) is 0 Å². The van der Waals surface area contributed by atoms with Crippen LogP contribution in [-0.4, -0.2) is 12.9 Å². The number of benzene rings is 1. The summed E-state index contributed by atoms with van der Waals surface area (Å²) in [6.45, 7) is -2.85. The molecule has 0 bridgehead atoms. The molecule has 5 heteroatoms. The van der Waals surface area contributed by atoms with Crippen LogP contribution in [0.15, 0.2) is 30.3 Å². The Morgan fingerprint density at radius 1 is 1.33 bits per heavy atom. The highest BCUT2D eigenvalue weighted by Gasteiger charge is 2.03. The molecule has 0 aliphatic rings. The molecule has 80 valence electrons. The van der Waals surface area contributed by atoms with Crippen molar-refractivity contribution >= 4 is 12.0 Å². The van der Waals surface area contributed by atoms with Crippen LogP contribution in [0, 0.1) is 0 Å². The number of rotatable bonds is 4. The SMILES string of the molecule is N/C(=C\C=O)c1ccc(OC(F)F)cc1. The second kappa shape index (κ2) is 5.09. The van der Waals surface area contributed by atoms with E-state index in [9.17, 15) is 13.6 Å². The van der Waals surface area contributed by atoms with E-state index >= 15 is 0 Å². The third kappa shape index (κ3) is 3.38. The number of alkyl halides is 2. The second-order valence-corrected chi connectivity index (χ2v) is 2.66. The standard InChI is InChI=1S/C10H9F2NO2/c11-10(12)15-8-3-1-7(2-4-8)9(13)5-6-14/h1-6,10H,13H2/b9-5-. The monoisotopic (exact) mass is 213 g/mol. The van der Waals surface area contributed by atoms with Crippen LogP contribution in [0.1, 0.15) is 5.56 Å². The van der Waals surface area contributed by atoms with Gasteiger partial charge in [0.2, 0.25) is 0 Å². The Bertz CT molecular complexity index is 360. The summed E-state index contributed by atoms with van der Waals surface area (Å²) < 4.78 is 27.7. The van der Waals surface area contributed by atoms with Gasteiger partial charge in [0.15, 0.2) is 0 Å². The molecule has 2 N–H and O–H groups in total. The summed E-state index contributed by atoms with van der Waals surface area (Å²) >= 11 is 0. The smallest absolute Gasteiger partial charge is 0.387 e. The molecule has 0 heterocycles. The molecule has 0 aromatic heterocycles. The molecule has 0 fully saturated rings. The molecule has 1 aromatic rings. The first-order valence-corrected chi connectivity index (χ1v) is 4.09. The van der Waals surface area contributed by atoms with Crippen molar-refractivity contribution in [3.63, 3.8) is 0 Å². The largest absolute Gasteiger partial charge is 0.435 e. The number of hydrogen-bond donors (Lipinski definition) is 1. The van der Waals surface area contributed by atoms with Gasteiger partial charge in [-0.2, -0.15) is 8.78 Å². The summed E-state index contributed by atoms with van der Waals surface area (Å²) in [6, 6.07) is 5.69. The minimum atomic E-state index is -2.85. The average Bonchev–Trinajstić information content (AvgIpc) is 2.18. The molecular formula is C10H9F2NO2. The molecule has 0 aliphatic heterocycles. The molecule has 0 aliphatic carbocycles. The Hall–Kier alpha value is -1.91. The fourth-order valence-corrected chi connectivity index (χ4v) is 0.998. The van der Waals surface area contributed by atoms with E-state index in [1.165, 1.54) is 30.3 Å². The normalized spacial score (nSPS) is 11.5. The molecule has 0 amide bonds. The first-order valence-electron chi connectivity index (χ1n) is 4.09. The van der Waals surface area contributed by atoms with Crippen molar-refractivity contribution in [3.05, 3.63) is 35.9 Å². The molecule has 1 aromatic carbocycles. The zero-order valence-corrected chi connectivity index (χ0v) is 7.69. The maximum Gasteiger partial charge on any atom is 0.387 e. The molecule has 1 rings (SSSR count). The summed E-state index contributed by atoms with van der Waals surface area (Å²) in [5, 5.41) is 0. The van der Waals surface area contributed by atoms with Crippen LogP contribution in [0.5, 0.6) is 5.75 Å². The number of hydrogen-bond acceptors (Lipinski definition) is 3. The maximum absolute atomic E-state index is 11.8. The second-order valence-electron chi connectivity index (χ2n) is 2.66. The van der Waals surface area contributed by atoms with E-state index in [-0.39, 0.29) is 11.4 Å². The number of ether oxygens (including phenoxy) is 1. The zero-order chi connectivity index (χ0) is 11.3. The van der Waals surface area contributed by atoms with Gasteiger partial charge >= 0.3 is 6.61 Å². The lowest BCUT2D eigenvalue weighted by atomic mass is 10.1. The van der Waals surface area contributed by atoms with E-state index in [0.717, 1.165) is 0 Å². The molecule has 15 heavy (non-hydrogen) atoms. The van der Waals surface area contributed by atoms with Crippen LogP contribution in [0.2, 0.25) is 0 Å². The number of nitrogens with two attached hydrogens (primary N) is 1. The van der Waals surface area contributed by atoms with Crippen LogP contribution in [0.4, 0.5) is 8.78 Å². The van der Waals surface area contributed by atoms with Crippen LogP contribution in [0.3, 0.4) is 0 Å². The van der Waals surface area contributed by atoms with E-state index in [2.05, 4.69) is 4.74 Å². The van der Waals surface area contributed by atoms with Gasteiger partial charge < -0.3 is 10.5 Å². The van der Waals surface area contributed by atoms with E-state index in [0.29, 0.717) is 11.8 Å². The minimum Gasteiger partial charge on any atom is -0.435 e. The van der Waals surface area contributed by atoms with Gasteiger partial charge in [-0.05, 0) is 29.8 Å². The van der Waals surface area contributed by atoms with Crippen molar-refractivity contribution < 1.29 is 18.3 Å². The van der Waals surface area contributed by atoms with Crippen molar-refractivity contribution in [2.45, 2.75) is 6.61 Å². The summed E-state index contributed by atoms with van der Waals surface area (Å²) in [5.74, 6) is 0.0488. The summed E-state index contributed by atoms with van der Waals surface area (Å²) in [5.41, 5.74) is 6.34. The van der Waals surface area contributed by atoms with Gasteiger partial charge in [-0.3, -0.25) is 4.79 Å².